The van der Waals surface area contributed by atoms with Crippen LogP contribution in [-0.4, -0.2) is 39.2 Å². The first-order valence-electron chi connectivity index (χ1n) is 5.99. The molecule has 0 aromatic heterocycles. The van der Waals surface area contributed by atoms with E-state index in [4.69, 9.17) is 9.53 Å². The molecule has 0 saturated carbocycles. The summed E-state index contributed by atoms with van der Waals surface area (Å²) < 4.78 is 10.7. The maximum atomic E-state index is 11.3. The Hall–Kier alpha value is -0.393. The molecule has 0 radical (unpaired) electrons. The maximum Gasteiger partial charge on any atom is 0.308 e. The monoisotopic (exact) mass is 262 g/mol. The summed E-state index contributed by atoms with van der Waals surface area (Å²) in [5.74, 6) is -0.290. The molecule has 0 aromatic carbocycles. The summed E-state index contributed by atoms with van der Waals surface area (Å²) in [5, 5.41) is 9.10. The van der Waals surface area contributed by atoms with Crippen molar-refractivity contribution in [2.75, 3.05) is 13.7 Å². The Morgan fingerprint density at radius 3 is 2.24 bits per heavy atom. The molecule has 0 bridgehead atoms. The molecule has 0 rings (SSSR count). The fourth-order valence-corrected chi connectivity index (χ4v) is 2.60. The van der Waals surface area contributed by atoms with Crippen molar-refractivity contribution in [3.05, 3.63) is 0 Å². The molecule has 0 heterocycles. The highest BCUT2D eigenvalue weighted by atomic mass is 28.4. The fraction of sp³-hybridized carbons (Fsp3) is 0.917. The van der Waals surface area contributed by atoms with Gasteiger partial charge in [0.25, 0.3) is 0 Å². The minimum Gasteiger partial charge on any atom is -0.469 e. The molecule has 17 heavy (non-hydrogen) atoms. The van der Waals surface area contributed by atoms with Gasteiger partial charge in [0.2, 0.25) is 0 Å². The van der Waals surface area contributed by atoms with E-state index in [1.165, 1.54) is 7.11 Å². The molecule has 0 spiro atoms. The van der Waals surface area contributed by atoms with Crippen LogP contribution in [0.1, 0.15) is 33.6 Å². The average molecular weight is 262 g/mol. The van der Waals surface area contributed by atoms with Gasteiger partial charge in [-0.25, -0.2) is 0 Å². The minimum atomic E-state index is -1.90. The molecular weight excluding hydrogens is 236 g/mol. The van der Waals surface area contributed by atoms with Crippen molar-refractivity contribution in [1.29, 1.82) is 0 Å². The second kappa shape index (κ2) is 6.52. The van der Waals surface area contributed by atoms with Gasteiger partial charge in [-0.1, -0.05) is 20.8 Å². The molecule has 0 aliphatic carbocycles. The van der Waals surface area contributed by atoms with Crippen molar-refractivity contribution in [3.63, 3.8) is 0 Å². The molecule has 1 unspecified atom stereocenters. The first-order chi connectivity index (χ1) is 7.64. The lowest BCUT2D eigenvalue weighted by atomic mass is 10.2. The summed E-state index contributed by atoms with van der Waals surface area (Å²) in [6.07, 6.45) is 0.443. The van der Waals surface area contributed by atoms with Crippen LogP contribution in [0.3, 0.4) is 0 Å². The highest BCUT2D eigenvalue weighted by Gasteiger charge is 2.39. The number of carbonyl (C=O) groups excluding carboxylic acids is 1. The van der Waals surface area contributed by atoms with Crippen molar-refractivity contribution in [2.45, 2.75) is 57.8 Å². The van der Waals surface area contributed by atoms with Crippen molar-refractivity contribution >= 4 is 14.3 Å². The number of rotatable bonds is 6. The zero-order valence-corrected chi connectivity index (χ0v) is 12.9. The number of methoxy groups -OCH3 is 1. The largest absolute Gasteiger partial charge is 0.469 e. The number of aliphatic hydroxyl groups is 1. The van der Waals surface area contributed by atoms with Crippen molar-refractivity contribution < 1.29 is 19.1 Å². The summed E-state index contributed by atoms with van der Waals surface area (Å²) in [4.78, 5) is 11.3. The van der Waals surface area contributed by atoms with Crippen molar-refractivity contribution in [1.82, 2.24) is 0 Å². The van der Waals surface area contributed by atoms with Gasteiger partial charge < -0.3 is 14.3 Å². The van der Waals surface area contributed by atoms with E-state index in [0.717, 1.165) is 0 Å². The van der Waals surface area contributed by atoms with Crippen LogP contribution in [0.15, 0.2) is 0 Å². The first-order valence-corrected chi connectivity index (χ1v) is 8.90. The van der Waals surface area contributed by atoms with Gasteiger partial charge in [0, 0.05) is 6.61 Å². The summed E-state index contributed by atoms with van der Waals surface area (Å²) in [7, 11) is -0.538. The van der Waals surface area contributed by atoms with Crippen LogP contribution in [0.25, 0.3) is 0 Å². The summed E-state index contributed by atoms with van der Waals surface area (Å²) in [6.45, 7) is 10.7. The molecule has 1 N–H and O–H groups in total. The van der Waals surface area contributed by atoms with Crippen LogP contribution in [0.2, 0.25) is 18.1 Å². The topological polar surface area (TPSA) is 55.8 Å². The molecule has 0 aliphatic heterocycles. The number of ether oxygens (including phenoxy) is 1. The van der Waals surface area contributed by atoms with Gasteiger partial charge in [0.15, 0.2) is 8.32 Å². The number of carbonyl (C=O) groups is 1. The number of esters is 1. The minimum absolute atomic E-state index is 0.0241. The Morgan fingerprint density at radius 2 is 1.88 bits per heavy atom. The number of hydrogen-bond donors (Lipinski definition) is 1. The zero-order chi connectivity index (χ0) is 13.7. The standard InChI is InChI=1S/C12H26O4Si/c1-12(2,3)17(5,6)16-10(7-8-13)9-11(14)15-4/h10,13H,7-9H2,1-6H3. The van der Waals surface area contributed by atoms with E-state index >= 15 is 0 Å². The number of aliphatic hydroxyl groups excluding tert-OH is 1. The van der Waals surface area contributed by atoms with Crippen LogP contribution >= 0.6 is 0 Å². The summed E-state index contributed by atoms with van der Waals surface area (Å²) in [6, 6.07) is 0. The molecule has 0 fully saturated rings. The lowest BCUT2D eigenvalue weighted by Crippen LogP contribution is -2.44. The fourth-order valence-electron chi connectivity index (χ4n) is 1.21. The van der Waals surface area contributed by atoms with E-state index < -0.39 is 8.32 Å². The van der Waals surface area contributed by atoms with Crippen LogP contribution in [0.5, 0.6) is 0 Å². The van der Waals surface area contributed by atoms with E-state index in [2.05, 4.69) is 38.6 Å². The van der Waals surface area contributed by atoms with Crippen LogP contribution in [0.4, 0.5) is 0 Å². The SMILES string of the molecule is COC(=O)CC(CCO)O[Si](C)(C)C(C)(C)C. The van der Waals surface area contributed by atoms with Crippen molar-refractivity contribution in [3.8, 4) is 0 Å². The van der Waals surface area contributed by atoms with E-state index in [9.17, 15) is 4.79 Å². The van der Waals surface area contributed by atoms with E-state index in [-0.39, 0.29) is 30.1 Å². The Morgan fingerprint density at radius 1 is 1.35 bits per heavy atom. The summed E-state index contributed by atoms with van der Waals surface area (Å²) in [5.41, 5.74) is 0. The molecule has 0 amide bonds. The van der Waals surface area contributed by atoms with Gasteiger partial charge in [-0.2, -0.15) is 0 Å². The van der Waals surface area contributed by atoms with Gasteiger partial charge in [-0.3, -0.25) is 4.79 Å². The molecule has 4 nitrogen and oxygen atoms in total. The zero-order valence-electron chi connectivity index (χ0n) is 11.9. The summed E-state index contributed by atoms with van der Waals surface area (Å²) >= 11 is 0. The van der Waals surface area contributed by atoms with Crippen LogP contribution < -0.4 is 0 Å². The van der Waals surface area contributed by atoms with Gasteiger partial charge in [0.05, 0.1) is 19.6 Å². The quantitative estimate of drug-likeness (QED) is 0.589. The second-order valence-corrected chi connectivity index (χ2v) is 10.5. The molecule has 0 aromatic rings. The van der Waals surface area contributed by atoms with Crippen LogP contribution in [0, 0.1) is 0 Å². The average Bonchev–Trinajstić information content (AvgIpc) is 2.15. The lowest BCUT2D eigenvalue weighted by Gasteiger charge is -2.39. The Bertz CT molecular complexity index is 245. The van der Waals surface area contributed by atoms with Gasteiger partial charge >= 0.3 is 5.97 Å². The molecule has 0 aliphatic rings. The third-order valence-electron chi connectivity index (χ3n) is 3.34. The van der Waals surface area contributed by atoms with Gasteiger partial charge in [-0.05, 0) is 24.6 Å². The molecule has 1 atom stereocenters. The third kappa shape index (κ3) is 5.65. The smallest absolute Gasteiger partial charge is 0.308 e. The highest BCUT2D eigenvalue weighted by Crippen LogP contribution is 2.37. The third-order valence-corrected chi connectivity index (χ3v) is 7.88. The predicted molar refractivity (Wildman–Crippen MR) is 70.4 cm³/mol. The molecule has 0 saturated heterocycles. The lowest BCUT2D eigenvalue weighted by molar-refractivity contribution is -0.142. The maximum absolute atomic E-state index is 11.3. The number of hydrogen-bond acceptors (Lipinski definition) is 4. The first kappa shape index (κ1) is 16.6. The Balaban J connectivity index is 4.58. The predicted octanol–water partition coefficient (Wildman–Crippen LogP) is 2.32. The molecular formula is C12H26O4Si. The van der Waals surface area contributed by atoms with Gasteiger partial charge in [0.1, 0.15) is 0 Å². The van der Waals surface area contributed by atoms with Crippen LogP contribution in [-0.2, 0) is 14.0 Å². The highest BCUT2D eigenvalue weighted by molar-refractivity contribution is 6.74. The second-order valence-electron chi connectivity index (χ2n) is 5.79. The van der Waals surface area contributed by atoms with Gasteiger partial charge in [-0.15, -0.1) is 0 Å². The van der Waals surface area contributed by atoms with E-state index in [1.54, 1.807) is 0 Å². The Labute approximate surface area is 105 Å². The molecule has 102 valence electrons. The Kier molecular flexibility index (Phi) is 6.36. The van der Waals surface area contributed by atoms with Crippen molar-refractivity contribution in [2.24, 2.45) is 0 Å². The van der Waals surface area contributed by atoms with E-state index in [0.29, 0.717) is 6.42 Å². The normalized spacial score (nSPS) is 14.5. The van der Waals surface area contributed by atoms with E-state index in [1.807, 2.05) is 0 Å². The molecule has 5 heteroatoms.